The topological polar surface area (TPSA) is 94.3 Å². The van der Waals surface area contributed by atoms with Crippen LogP contribution in [0.1, 0.15) is 17.4 Å². The molecule has 0 aliphatic carbocycles. The Balaban J connectivity index is 1.54. The molecule has 0 spiro atoms. The molecule has 8 nitrogen and oxygen atoms in total. The smallest absolute Gasteiger partial charge is 0.181 e. The summed E-state index contributed by atoms with van der Waals surface area (Å²) in [5.41, 5.74) is 0.955. The lowest BCUT2D eigenvalue weighted by atomic mass is 9.95. The number of ether oxygens (including phenoxy) is 2. The molecule has 0 radical (unpaired) electrons. The number of aryl methyl sites for hydroxylation is 1. The second-order valence-electron chi connectivity index (χ2n) is 5.89. The van der Waals surface area contributed by atoms with Crippen molar-refractivity contribution < 1.29 is 14.6 Å². The van der Waals surface area contributed by atoms with Gasteiger partial charge in [0.25, 0.3) is 0 Å². The van der Waals surface area contributed by atoms with Gasteiger partial charge in [0.15, 0.2) is 6.29 Å². The van der Waals surface area contributed by atoms with Crippen molar-refractivity contribution in [2.24, 2.45) is 0 Å². The molecular weight excluding hydrogens is 298 g/mol. The first-order chi connectivity index (χ1) is 11.2. The highest BCUT2D eigenvalue weighted by Gasteiger charge is 2.50. The summed E-state index contributed by atoms with van der Waals surface area (Å²) in [5.74, 6) is 0.821. The third-order valence-corrected chi connectivity index (χ3v) is 4.47. The van der Waals surface area contributed by atoms with Crippen LogP contribution in [0.3, 0.4) is 0 Å². The van der Waals surface area contributed by atoms with Crippen LogP contribution < -0.4 is 5.32 Å². The minimum atomic E-state index is -0.640. The lowest BCUT2D eigenvalue weighted by molar-refractivity contribution is -0.165. The number of imidazole rings is 1. The predicted octanol–water partition coefficient (Wildman–Crippen LogP) is -0.203. The summed E-state index contributed by atoms with van der Waals surface area (Å²) in [5, 5.41) is 14.2. The van der Waals surface area contributed by atoms with Gasteiger partial charge in [-0.25, -0.2) is 15.0 Å². The van der Waals surface area contributed by atoms with Gasteiger partial charge in [0.05, 0.1) is 18.8 Å². The van der Waals surface area contributed by atoms with E-state index in [9.17, 15) is 5.11 Å². The van der Waals surface area contributed by atoms with Crippen LogP contribution in [0.4, 0.5) is 0 Å². The van der Waals surface area contributed by atoms with Gasteiger partial charge in [-0.3, -0.25) is 0 Å². The molecule has 23 heavy (non-hydrogen) atoms. The van der Waals surface area contributed by atoms with Crippen molar-refractivity contribution in [3.05, 3.63) is 42.5 Å². The zero-order valence-electron chi connectivity index (χ0n) is 12.7. The molecule has 4 rings (SSSR count). The summed E-state index contributed by atoms with van der Waals surface area (Å²) in [7, 11) is 0. The van der Waals surface area contributed by atoms with E-state index in [1.54, 1.807) is 18.6 Å². The molecule has 122 valence electrons. The summed E-state index contributed by atoms with van der Waals surface area (Å²) >= 11 is 0. The van der Waals surface area contributed by atoms with Crippen molar-refractivity contribution >= 4 is 0 Å². The first-order valence-electron chi connectivity index (χ1n) is 7.66. The monoisotopic (exact) mass is 317 g/mol. The van der Waals surface area contributed by atoms with Crippen LogP contribution in [-0.4, -0.2) is 55.8 Å². The molecule has 0 unspecified atom stereocenters. The zero-order valence-corrected chi connectivity index (χ0v) is 12.7. The largest absolute Gasteiger partial charge is 0.389 e. The maximum Gasteiger partial charge on any atom is 0.181 e. The van der Waals surface area contributed by atoms with Gasteiger partial charge in [-0.05, 0) is 6.92 Å². The van der Waals surface area contributed by atoms with Crippen LogP contribution in [0.25, 0.3) is 0 Å². The zero-order chi connectivity index (χ0) is 15.8. The average molecular weight is 317 g/mol. The molecule has 2 aromatic heterocycles. The second kappa shape index (κ2) is 5.97. The van der Waals surface area contributed by atoms with E-state index >= 15 is 0 Å². The van der Waals surface area contributed by atoms with Gasteiger partial charge in [-0.15, -0.1) is 0 Å². The Morgan fingerprint density at radius 2 is 2.22 bits per heavy atom. The molecule has 0 saturated carbocycles. The molecule has 0 amide bonds. The molecule has 2 saturated heterocycles. The fourth-order valence-electron chi connectivity index (χ4n) is 3.31. The number of aliphatic hydroxyl groups excluding tert-OH is 1. The van der Waals surface area contributed by atoms with E-state index in [-0.39, 0.29) is 18.2 Å². The van der Waals surface area contributed by atoms with E-state index in [2.05, 4.69) is 20.3 Å². The van der Waals surface area contributed by atoms with Crippen LogP contribution in [0.5, 0.6) is 0 Å². The summed E-state index contributed by atoms with van der Waals surface area (Å²) in [6.45, 7) is 2.93. The summed E-state index contributed by atoms with van der Waals surface area (Å²) < 4.78 is 13.6. The first kappa shape index (κ1) is 14.7. The number of aliphatic hydroxyl groups is 1. The molecule has 2 aliphatic rings. The molecule has 2 bridgehead atoms. The van der Waals surface area contributed by atoms with Crippen LogP contribution in [0.15, 0.2) is 31.1 Å². The highest BCUT2D eigenvalue weighted by Crippen LogP contribution is 2.36. The van der Waals surface area contributed by atoms with Crippen molar-refractivity contribution in [2.45, 2.75) is 44.1 Å². The molecule has 2 N–H and O–H groups in total. The molecule has 8 heteroatoms. The minimum absolute atomic E-state index is 0.167. The minimum Gasteiger partial charge on any atom is -0.389 e. The van der Waals surface area contributed by atoms with E-state index < -0.39 is 12.4 Å². The lowest BCUT2D eigenvalue weighted by Crippen LogP contribution is -2.57. The average Bonchev–Trinajstić information content (AvgIpc) is 3.17. The van der Waals surface area contributed by atoms with Gasteiger partial charge in [0, 0.05) is 36.9 Å². The molecular formula is C15H19N5O3. The number of hydrogen-bond acceptors (Lipinski definition) is 7. The van der Waals surface area contributed by atoms with E-state index in [1.807, 2.05) is 17.7 Å². The van der Waals surface area contributed by atoms with Crippen molar-refractivity contribution in [1.29, 1.82) is 0 Å². The molecule has 2 fully saturated rings. The third-order valence-electron chi connectivity index (χ3n) is 4.47. The van der Waals surface area contributed by atoms with Crippen LogP contribution >= 0.6 is 0 Å². The van der Waals surface area contributed by atoms with Gasteiger partial charge in [-0.2, -0.15) is 0 Å². The highest BCUT2D eigenvalue weighted by molar-refractivity contribution is 5.07. The number of aromatic nitrogens is 4. The Morgan fingerprint density at radius 1 is 1.39 bits per heavy atom. The lowest BCUT2D eigenvalue weighted by Gasteiger charge is -2.39. The van der Waals surface area contributed by atoms with Crippen molar-refractivity contribution in [3.8, 4) is 0 Å². The van der Waals surface area contributed by atoms with E-state index in [4.69, 9.17) is 9.47 Å². The Bertz CT molecular complexity index is 664. The summed E-state index contributed by atoms with van der Waals surface area (Å²) in [4.78, 5) is 12.2. The molecule has 2 aromatic rings. The molecule has 2 aliphatic heterocycles. The predicted molar refractivity (Wildman–Crippen MR) is 79.3 cm³/mol. The highest BCUT2D eigenvalue weighted by atomic mass is 16.7. The maximum absolute atomic E-state index is 10.9. The molecule has 4 heterocycles. The van der Waals surface area contributed by atoms with E-state index in [1.165, 1.54) is 6.33 Å². The van der Waals surface area contributed by atoms with Gasteiger partial charge in [0.2, 0.25) is 0 Å². The fourth-order valence-corrected chi connectivity index (χ4v) is 3.31. The normalized spacial score (nSPS) is 33.0. The molecule has 0 aromatic carbocycles. The first-order valence-corrected chi connectivity index (χ1v) is 7.66. The van der Waals surface area contributed by atoms with Crippen molar-refractivity contribution in [3.63, 3.8) is 0 Å². The number of nitrogens with zero attached hydrogens (tertiary/aromatic N) is 4. The Labute approximate surface area is 133 Å². The van der Waals surface area contributed by atoms with E-state index in [0.717, 1.165) is 11.4 Å². The Kier molecular flexibility index (Phi) is 3.82. The number of nitrogens with one attached hydrogen (secondary N) is 1. The van der Waals surface area contributed by atoms with E-state index in [0.29, 0.717) is 13.2 Å². The Morgan fingerprint density at radius 3 is 2.96 bits per heavy atom. The van der Waals surface area contributed by atoms with Gasteiger partial charge >= 0.3 is 0 Å². The van der Waals surface area contributed by atoms with Gasteiger partial charge in [-0.1, -0.05) is 0 Å². The Hall–Kier alpha value is -1.87. The van der Waals surface area contributed by atoms with Crippen molar-refractivity contribution in [2.75, 3.05) is 6.61 Å². The third kappa shape index (κ3) is 2.63. The summed E-state index contributed by atoms with van der Waals surface area (Å²) in [6, 6.07) is -0.554. The SMILES string of the molecule is Cc1nccn1[C@H]1[C@@H]2OC[C@@H](O2)[C@@H](NCc2cncnc2)[C@@H]1O. The van der Waals surface area contributed by atoms with Crippen LogP contribution in [-0.2, 0) is 16.0 Å². The van der Waals surface area contributed by atoms with Crippen LogP contribution in [0, 0.1) is 6.92 Å². The van der Waals surface area contributed by atoms with Crippen LogP contribution in [0.2, 0.25) is 0 Å². The number of fused-ring (bicyclic) bond motifs is 2. The number of hydrogen-bond donors (Lipinski definition) is 2. The maximum atomic E-state index is 10.9. The number of rotatable bonds is 4. The molecule has 5 atom stereocenters. The summed E-state index contributed by atoms with van der Waals surface area (Å²) in [6.07, 6.45) is 7.31. The van der Waals surface area contributed by atoms with Crippen molar-refractivity contribution in [1.82, 2.24) is 24.8 Å². The standard InChI is InChI=1S/C15H19N5O3/c1-9-18-2-3-20(9)13-14(21)12(11-7-22-15(13)23-11)19-6-10-4-16-8-17-5-10/h2-5,8,11-15,19,21H,6-7H2,1H3/t11-,12-,13-,14+,15-/m1/s1. The van der Waals surface area contributed by atoms with Gasteiger partial charge < -0.3 is 24.5 Å². The second-order valence-corrected chi connectivity index (χ2v) is 5.89. The van der Waals surface area contributed by atoms with Gasteiger partial charge in [0.1, 0.15) is 24.3 Å². The fraction of sp³-hybridized carbons (Fsp3) is 0.533. The quantitative estimate of drug-likeness (QED) is 0.806.